The minimum atomic E-state index is -3.26. The normalized spacial score (nSPS) is 30.3. The van der Waals surface area contributed by atoms with E-state index < -0.39 is 20.6 Å². The van der Waals surface area contributed by atoms with Gasteiger partial charge in [0, 0.05) is 18.8 Å². The monoisotopic (exact) mass is 287 g/mol. The van der Waals surface area contributed by atoms with E-state index in [4.69, 9.17) is 10.5 Å². The molecule has 0 spiro atoms. The summed E-state index contributed by atoms with van der Waals surface area (Å²) in [4.78, 5) is 0. The Morgan fingerprint density at radius 1 is 1.37 bits per heavy atom. The van der Waals surface area contributed by atoms with E-state index in [1.54, 1.807) is 19.1 Å². The van der Waals surface area contributed by atoms with Gasteiger partial charge in [-0.2, -0.15) is 0 Å². The Morgan fingerprint density at radius 2 is 1.95 bits per heavy atom. The van der Waals surface area contributed by atoms with Crippen molar-refractivity contribution in [1.82, 2.24) is 0 Å². The average Bonchev–Trinajstić information content (AvgIpc) is 2.97. The predicted octanol–water partition coefficient (Wildman–Crippen LogP) is 1.07. The summed E-state index contributed by atoms with van der Waals surface area (Å²) in [5, 5.41) is -0.657. The standard InChI is InChI=1S/C13H18FNO3S/c1-3-19(16,17)12-11(13(12,15)8-18-2)9-4-6-10(14)7-5-9/h4-7,11-12H,3,8,15H2,1-2H3/t11-,12+,13+/m0/s1. The van der Waals surface area contributed by atoms with Crippen molar-refractivity contribution in [2.45, 2.75) is 23.6 Å². The molecule has 1 fully saturated rings. The molecule has 2 rings (SSSR count). The Morgan fingerprint density at radius 3 is 2.42 bits per heavy atom. The molecule has 19 heavy (non-hydrogen) atoms. The minimum Gasteiger partial charge on any atom is -0.383 e. The average molecular weight is 287 g/mol. The summed E-state index contributed by atoms with van der Waals surface area (Å²) in [6.45, 7) is 1.77. The van der Waals surface area contributed by atoms with E-state index in [1.807, 2.05) is 0 Å². The van der Waals surface area contributed by atoms with Gasteiger partial charge in [0.1, 0.15) is 5.82 Å². The summed E-state index contributed by atoms with van der Waals surface area (Å²) in [7, 11) is -1.77. The van der Waals surface area contributed by atoms with Gasteiger partial charge in [-0.3, -0.25) is 0 Å². The lowest BCUT2D eigenvalue weighted by Gasteiger charge is -2.10. The van der Waals surface area contributed by atoms with Gasteiger partial charge < -0.3 is 10.5 Å². The summed E-state index contributed by atoms with van der Waals surface area (Å²) in [5.74, 6) is -0.649. The zero-order chi connectivity index (χ0) is 14.3. The Hall–Kier alpha value is -0.980. The van der Waals surface area contributed by atoms with Gasteiger partial charge in [0.25, 0.3) is 0 Å². The first-order valence-corrected chi connectivity index (χ1v) is 7.83. The van der Waals surface area contributed by atoms with Crippen molar-refractivity contribution in [2.75, 3.05) is 19.5 Å². The number of halogens is 1. The molecule has 1 aliphatic rings. The van der Waals surface area contributed by atoms with Crippen LogP contribution in [0.1, 0.15) is 18.4 Å². The van der Waals surface area contributed by atoms with Crippen LogP contribution in [0.15, 0.2) is 24.3 Å². The second-order valence-electron chi connectivity index (χ2n) is 4.95. The van der Waals surface area contributed by atoms with E-state index in [0.717, 1.165) is 5.56 Å². The van der Waals surface area contributed by atoms with Gasteiger partial charge in [-0.25, -0.2) is 12.8 Å². The Labute approximate surface area is 112 Å². The molecule has 0 saturated heterocycles. The number of benzene rings is 1. The van der Waals surface area contributed by atoms with Gasteiger partial charge in [-0.15, -0.1) is 0 Å². The van der Waals surface area contributed by atoms with Crippen molar-refractivity contribution in [3.05, 3.63) is 35.6 Å². The van der Waals surface area contributed by atoms with Crippen LogP contribution < -0.4 is 5.73 Å². The molecule has 0 radical (unpaired) electrons. The molecule has 0 unspecified atom stereocenters. The molecule has 3 atom stereocenters. The summed E-state index contributed by atoms with van der Waals surface area (Å²) >= 11 is 0. The molecule has 1 aromatic carbocycles. The first-order valence-electron chi connectivity index (χ1n) is 6.11. The summed E-state index contributed by atoms with van der Waals surface area (Å²) in [6, 6.07) is 5.80. The van der Waals surface area contributed by atoms with Crippen LogP contribution in [0, 0.1) is 5.82 Å². The predicted molar refractivity (Wildman–Crippen MR) is 71.2 cm³/mol. The second-order valence-corrected chi connectivity index (χ2v) is 7.36. The third-order valence-corrected chi connectivity index (χ3v) is 6.00. The maximum Gasteiger partial charge on any atom is 0.155 e. The first kappa shape index (κ1) is 14.4. The number of nitrogens with two attached hydrogens (primary N) is 1. The highest BCUT2D eigenvalue weighted by Gasteiger charge is 2.68. The van der Waals surface area contributed by atoms with Crippen LogP contribution in [-0.2, 0) is 14.6 Å². The largest absolute Gasteiger partial charge is 0.383 e. The molecule has 2 N–H and O–H groups in total. The minimum absolute atomic E-state index is 0.0397. The van der Waals surface area contributed by atoms with Gasteiger partial charge in [-0.1, -0.05) is 19.1 Å². The second kappa shape index (κ2) is 4.85. The quantitative estimate of drug-likeness (QED) is 0.879. The van der Waals surface area contributed by atoms with Crippen LogP contribution in [0.2, 0.25) is 0 Å². The zero-order valence-corrected chi connectivity index (χ0v) is 11.8. The lowest BCUT2D eigenvalue weighted by atomic mass is 10.1. The van der Waals surface area contributed by atoms with Gasteiger partial charge in [-0.05, 0) is 17.7 Å². The maximum atomic E-state index is 12.9. The van der Waals surface area contributed by atoms with Crippen LogP contribution in [0.5, 0.6) is 0 Å². The topological polar surface area (TPSA) is 69.4 Å². The molecule has 1 aromatic rings. The molecule has 0 amide bonds. The molecule has 6 heteroatoms. The van der Waals surface area contributed by atoms with Gasteiger partial charge in [0.05, 0.1) is 17.4 Å². The zero-order valence-electron chi connectivity index (χ0n) is 11.0. The van der Waals surface area contributed by atoms with E-state index in [0.29, 0.717) is 0 Å². The highest BCUT2D eigenvalue weighted by molar-refractivity contribution is 7.92. The molecule has 0 aliphatic heterocycles. The van der Waals surface area contributed by atoms with Gasteiger partial charge in [0.2, 0.25) is 0 Å². The molecule has 106 valence electrons. The smallest absolute Gasteiger partial charge is 0.155 e. The number of hydrogen-bond acceptors (Lipinski definition) is 4. The van der Waals surface area contributed by atoms with E-state index in [-0.39, 0.29) is 24.1 Å². The highest BCUT2D eigenvalue weighted by atomic mass is 32.2. The highest BCUT2D eigenvalue weighted by Crippen LogP contribution is 2.54. The molecule has 0 bridgehead atoms. The molecule has 1 saturated carbocycles. The Balaban J connectivity index is 2.36. The fourth-order valence-corrected chi connectivity index (χ4v) is 4.71. The lowest BCUT2D eigenvalue weighted by molar-refractivity contribution is 0.171. The molecule has 4 nitrogen and oxygen atoms in total. The fourth-order valence-electron chi connectivity index (χ4n) is 2.72. The Bertz CT molecular complexity index is 558. The van der Waals surface area contributed by atoms with E-state index in [9.17, 15) is 12.8 Å². The summed E-state index contributed by atoms with van der Waals surface area (Å²) < 4.78 is 42.2. The first-order chi connectivity index (χ1) is 8.86. The van der Waals surface area contributed by atoms with E-state index in [2.05, 4.69) is 0 Å². The number of methoxy groups -OCH3 is 1. The van der Waals surface area contributed by atoms with Crippen molar-refractivity contribution in [2.24, 2.45) is 5.73 Å². The van der Waals surface area contributed by atoms with Crippen LogP contribution in [-0.4, -0.2) is 38.7 Å². The van der Waals surface area contributed by atoms with Gasteiger partial charge >= 0.3 is 0 Å². The van der Waals surface area contributed by atoms with E-state index in [1.165, 1.54) is 19.2 Å². The third kappa shape index (κ3) is 2.40. The molecular weight excluding hydrogens is 269 g/mol. The number of sulfone groups is 1. The van der Waals surface area contributed by atoms with Gasteiger partial charge in [0.15, 0.2) is 9.84 Å². The lowest BCUT2D eigenvalue weighted by Crippen LogP contribution is -2.36. The molecule has 0 aromatic heterocycles. The van der Waals surface area contributed by atoms with Crippen LogP contribution in [0.4, 0.5) is 4.39 Å². The summed E-state index contributed by atoms with van der Waals surface area (Å²) in [5.41, 5.74) is 6.00. The van der Waals surface area contributed by atoms with Crippen LogP contribution in [0.25, 0.3) is 0 Å². The maximum absolute atomic E-state index is 12.9. The van der Waals surface area contributed by atoms with Crippen LogP contribution >= 0.6 is 0 Å². The number of rotatable bonds is 5. The molecule has 0 heterocycles. The van der Waals surface area contributed by atoms with Crippen molar-refractivity contribution in [3.63, 3.8) is 0 Å². The third-order valence-electron chi connectivity index (χ3n) is 3.72. The number of ether oxygens (including phenoxy) is 1. The van der Waals surface area contributed by atoms with Crippen molar-refractivity contribution in [3.8, 4) is 0 Å². The van der Waals surface area contributed by atoms with Crippen LogP contribution in [0.3, 0.4) is 0 Å². The van der Waals surface area contributed by atoms with Crippen molar-refractivity contribution < 1.29 is 17.5 Å². The number of hydrogen-bond donors (Lipinski definition) is 1. The van der Waals surface area contributed by atoms with E-state index >= 15 is 0 Å². The Kier molecular flexibility index (Phi) is 3.68. The molecular formula is C13H18FNO3S. The van der Waals surface area contributed by atoms with Crippen molar-refractivity contribution in [1.29, 1.82) is 0 Å². The molecule has 1 aliphatic carbocycles. The SMILES string of the molecule is CCS(=O)(=O)[C@@H]1[C@H](c2ccc(F)cc2)[C@]1(N)COC. The van der Waals surface area contributed by atoms with Crippen molar-refractivity contribution >= 4 is 9.84 Å². The fraction of sp³-hybridized carbons (Fsp3) is 0.538. The summed E-state index contributed by atoms with van der Waals surface area (Å²) in [6.07, 6.45) is 0.